The van der Waals surface area contributed by atoms with Gasteiger partial charge in [-0.05, 0) is 42.3 Å². The van der Waals surface area contributed by atoms with E-state index in [2.05, 4.69) is 4.98 Å². The summed E-state index contributed by atoms with van der Waals surface area (Å²) in [5, 5.41) is 11.1. The number of aromatic nitrogens is 1. The minimum absolute atomic E-state index is 0.0214. The Bertz CT molecular complexity index is 972. The number of non-ortho nitro benzene ring substituents is 1. The largest absolute Gasteiger partial charge is 0.404 e. The van der Waals surface area contributed by atoms with Crippen LogP contribution in [0.2, 0.25) is 0 Å². The second-order valence-electron chi connectivity index (χ2n) is 4.99. The van der Waals surface area contributed by atoms with Crippen molar-refractivity contribution in [1.82, 2.24) is 4.98 Å². The van der Waals surface area contributed by atoms with E-state index >= 15 is 0 Å². The van der Waals surface area contributed by atoms with E-state index in [1.165, 1.54) is 12.1 Å². The molecular weight excluding hydrogens is 296 g/mol. The van der Waals surface area contributed by atoms with E-state index in [9.17, 15) is 14.9 Å². The first-order chi connectivity index (χ1) is 11.0. The van der Waals surface area contributed by atoms with E-state index in [1.54, 1.807) is 36.4 Å². The highest BCUT2D eigenvalue weighted by atomic mass is 16.6. The molecule has 3 aromatic rings. The lowest BCUT2D eigenvalue weighted by Gasteiger charge is -2.00. The summed E-state index contributed by atoms with van der Waals surface area (Å²) in [6.07, 6.45) is 3.24. The van der Waals surface area contributed by atoms with Gasteiger partial charge in [0.25, 0.3) is 5.69 Å². The smallest absolute Gasteiger partial charge is 0.347 e. The van der Waals surface area contributed by atoms with Crippen molar-refractivity contribution in [2.75, 3.05) is 0 Å². The number of para-hydroxylation sites is 1. The Hall–Kier alpha value is -3.28. The number of rotatable bonds is 3. The number of aryl methyl sites for hydroxylation is 1. The van der Waals surface area contributed by atoms with Crippen LogP contribution in [-0.2, 0) is 0 Å². The topological polar surface area (TPSA) is 86.2 Å². The monoisotopic (exact) mass is 308 g/mol. The Balaban J connectivity index is 1.96. The van der Waals surface area contributed by atoms with Crippen LogP contribution in [0, 0.1) is 17.0 Å². The van der Waals surface area contributed by atoms with Gasteiger partial charge < -0.3 is 4.42 Å². The lowest BCUT2D eigenvalue weighted by Crippen LogP contribution is -2.03. The zero-order valence-corrected chi connectivity index (χ0v) is 12.2. The van der Waals surface area contributed by atoms with Gasteiger partial charge in [-0.3, -0.25) is 10.1 Å². The van der Waals surface area contributed by atoms with Gasteiger partial charge in [-0.25, -0.2) is 9.78 Å². The molecule has 0 fully saturated rings. The molecule has 0 atom stereocenters. The van der Waals surface area contributed by atoms with Crippen LogP contribution in [0.15, 0.2) is 51.7 Å². The van der Waals surface area contributed by atoms with Gasteiger partial charge in [0.1, 0.15) is 0 Å². The summed E-state index contributed by atoms with van der Waals surface area (Å²) in [6, 6.07) is 11.4. The molecule has 0 N–H and O–H groups in total. The lowest BCUT2D eigenvalue weighted by atomic mass is 10.1. The summed E-state index contributed by atoms with van der Waals surface area (Å²) in [6.45, 7) is 1.87. The fourth-order valence-electron chi connectivity index (χ4n) is 2.20. The van der Waals surface area contributed by atoms with E-state index in [-0.39, 0.29) is 11.6 Å². The normalized spacial score (nSPS) is 11.2. The van der Waals surface area contributed by atoms with E-state index in [0.29, 0.717) is 10.9 Å². The fraction of sp³-hybridized carbons (Fsp3) is 0.0588. The first-order valence-electron chi connectivity index (χ1n) is 6.87. The average Bonchev–Trinajstić information content (AvgIpc) is 2.54. The second-order valence-corrected chi connectivity index (χ2v) is 4.99. The van der Waals surface area contributed by atoms with Crippen LogP contribution in [0.3, 0.4) is 0 Å². The first kappa shape index (κ1) is 14.6. The third kappa shape index (κ3) is 3.01. The van der Waals surface area contributed by atoms with Crippen molar-refractivity contribution in [3.05, 3.63) is 80.0 Å². The highest BCUT2D eigenvalue weighted by molar-refractivity contribution is 5.81. The third-order valence-electron chi connectivity index (χ3n) is 3.40. The molecule has 0 aliphatic carbocycles. The molecule has 0 saturated carbocycles. The SMILES string of the molecule is Cc1cccc2c(=O)oc(/C=C/c3ccc([N+](=O)[O-])cc3)nc12. The molecule has 2 aromatic carbocycles. The number of benzene rings is 2. The van der Waals surface area contributed by atoms with E-state index in [4.69, 9.17) is 4.42 Å². The molecule has 3 rings (SSSR count). The summed E-state index contributed by atoms with van der Waals surface area (Å²) in [7, 11) is 0. The molecule has 6 heteroatoms. The van der Waals surface area contributed by atoms with Crippen LogP contribution in [0.4, 0.5) is 5.69 Å². The lowest BCUT2D eigenvalue weighted by molar-refractivity contribution is -0.384. The highest BCUT2D eigenvalue weighted by Gasteiger charge is 2.06. The second kappa shape index (κ2) is 5.84. The number of nitrogens with zero attached hydrogens (tertiary/aromatic N) is 2. The van der Waals surface area contributed by atoms with Crippen molar-refractivity contribution in [3.63, 3.8) is 0 Å². The molecule has 0 saturated heterocycles. The van der Waals surface area contributed by atoms with Crippen LogP contribution in [0.5, 0.6) is 0 Å². The Morgan fingerprint density at radius 1 is 1.13 bits per heavy atom. The van der Waals surface area contributed by atoms with Gasteiger partial charge >= 0.3 is 5.63 Å². The molecule has 6 nitrogen and oxygen atoms in total. The fourth-order valence-corrected chi connectivity index (χ4v) is 2.20. The maximum Gasteiger partial charge on any atom is 0.347 e. The average molecular weight is 308 g/mol. The summed E-state index contributed by atoms with van der Waals surface area (Å²) in [5.74, 6) is 0.190. The van der Waals surface area contributed by atoms with E-state index < -0.39 is 10.5 Å². The summed E-state index contributed by atoms with van der Waals surface area (Å²) in [4.78, 5) is 26.5. The van der Waals surface area contributed by atoms with Gasteiger partial charge in [-0.1, -0.05) is 12.1 Å². The maximum absolute atomic E-state index is 12.0. The number of fused-ring (bicyclic) bond motifs is 1. The Kier molecular flexibility index (Phi) is 3.72. The van der Waals surface area contributed by atoms with Crippen molar-refractivity contribution in [2.24, 2.45) is 0 Å². The summed E-state index contributed by atoms with van der Waals surface area (Å²) >= 11 is 0. The number of hydrogen-bond acceptors (Lipinski definition) is 5. The minimum atomic E-state index is -0.458. The van der Waals surface area contributed by atoms with E-state index in [1.807, 2.05) is 13.0 Å². The molecule has 0 radical (unpaired) electrons. The number of hydrogen-bond donors (Lipinski definition) is 0. The predicted molar refractivity (Wildman–Crippen MR) is 87.0 cm³/mol. The molecule has 0 spiro atoms. The van der Waals surface area contributed by atoms with Crippen molar-refractivity contribution < 1.29 is 9.34 Å². The zero-order valence-electron chi connectivity index (χ0n) is 12.2. The molecule has 0 aliphatic heterocycles. The van der Waals surface area contributed by atoms with Crippen molar-refractivity contribution in [2.45, 2.75) is 6.92 Å². The van der Waals surface area contributed by atoms with Crippen LogP contribution < -0.4 is 5.63 Å². The van der Waals surface area contributed by atoms with Crippen LogP contribution >= 0.6 is 0 Å². The van der Waals surface area contributed by atoms with Crippen LogP contribution in [0.1, 0.15) is 17.0 Å². The first-order valence-corrected chi connectivity index (χ1v) is 6.87. The van der Waals surface area contributed by atoms with Gasteiger partial charge in [0, 0.05) is 18.2 Å². The maximum atomic E-state index is 12.0. The summed E-state index contributed by atoms with van der Waals surface area (Å²) in [5.41, 5.74) is 1.81. The zero-order chi connectivity index (χ0) is 16.4. The van der Waals surface area contributed by atoms with Crippen molar-refractivity contribution >= 4 is 28.7 Å². The molecule has 23 heavy (non-hydrogen) atoms. The molecule has 0 amide bonds. The van der Waals surface area contributed by atoms with Crippen molar-refractivity contribution in [3.8, 4) is 0 Å². The molecular formula is C17H12N2O4. The van der Waals surface area contributed by atoms with Crippen molar-refractivity contribution in [1.29, 1.82) is 0 Å². The molecule has 114 valence electrons. The predicted octanol–water partition coefficient (Wildman–Crippen LogP) is 3.58. The Labute approximate surface area is 130 Å². The number of nitro groups is 1. The van der Waals surface area contributed by atoms with Gasteiger partial charge in [-0.2, -0.15) is 0 Å². The van der Waals surface area contributed by atoms with Crippen LogP contribution in [-0.4, -0.2) is 9.91 Å². The quantitative estimate of drug-likeness (QED) is 0.545. The van der Waals surface area contributed by atoms with Gasteiger partial charge in [0.2, 0.25) is 5.89 Å². The minimum Gasteiger partial charge on any atom is -0.404 e. The molecule has 0 aliphatic rings. The third-order valence-corrected chi connectivity index (χ3v) is 3.40. The van der Waals surface area contributed by atoms with Crippen LogP contribution in [0.25, 0.3) is 23.1 Å². The Morgan fingerprint density at radius 2 is 1.87 bits per heavy atom. The molecule has 0 bridgehead atoms. The van der Waals surface area contributed by atoms with Gasteiger partial charge in [-0.15, -0.1) is 0 Å². The molecule has 1 aromatic heterocycles. The van der Waals surface area contributed by atoms with Gasteiger partial charge in [0.15, 0.2) is 0 Å². The Morgan fingerprint density at radius 3 is 2.57 bits per heavy atom. The summed E-state index contributed by atoms with van der Waals surface area (Å²) < 4.78 is 5.17. The standard InChI is InChI=1S/C17H12N2O4/c1-11-3-2-4-14-16(11)18-15(23-17(14)20)10-7-12-5-8-13(9-6-12)19(21)22/h2-10H,1H3/b10-7+. The molecule has 0 unspecified atom stereocenters. The number of nitro benzene ring substituents is 1. The molecule has 1 heterocycles. The highest BCUT2D eigenvalue weighted by Crippen LogP contribution is 2.16. The van der Waals surface area contributed by atoms with Gasteiger partial charge in [0.05, 0.1) is 15.8 Å². The van der Waals surface area contributed by atoms with E-state index in [0.717, 1.165) is 11.1 Å².